The van der Waals surface area contributed by atoms with Crippen LogP contribution in [0.25, 0.3) is 11.0 Å². The highest BCUT2D eigenvalue weighted by atomic mass is 79.9. The summed E-state index contributed by atoms with van der Waals surface area (Å²) in [6.45, 7) is 2.12. The molecular formula is C14H12BrFN2S2. The molecule has 3 rings (SSSR count). The molecule has 6 heteroatoms. The fourth-order valence-electron chi connectivity index (χ4n) is 2.40. The van der Waals surface area contributed by atoms with Crippen molar-refractivity contribution in [2.45, 2.75) is 19.4 Å². The van der Waals surface area contributed by atoms with Crippen LogP contribution in [0.1, 0.15) is 18.5 Å². The fourth-order valence-corrected chi connectivity index (χ4v) is 3.80. The second kappa shape index (κ2) is 5.42. The fraction of sp³-hybridized carbons (Fsp3) is 0.214. The van der Waals surface area contributed by atoms with Gasteiger partial charge in [0.2, 0.25) is 0 Å². The van der Waals surface area contributed by atoms with Gasteiger partial charge in [-0.2, -0.15) is 11.3 Å². The van der Waals surface area contributed by atoms with E-state index >= 15 is 0 Å². The Morgan fingerprint density at radius 2 is 2.30 bits per heavy atom. The Bertz CT molecular complexity index is 805. The Morgan fingerprint density at radius 1 is 1.50 bits per heavy atom. The minimum Gasteiger partial charge on any atom is -0.330 e. The summed E-state index contributed by atoms with van der Waals surface area (Å²) in [4.78, 5) is 3.08. The maximum Gasteiger partial charge on any atom is 0.178 e. The van der Waals surface area contributed by atoms with E-state index < -0.39 is 0 Å². The standard InChI is InChI=1S/C14H12BrFN2S2/c1-8(4-9-2-3-20-7-9)18-13-5-10(15)11(16)6-12(13)17-14(18)19/h2-3,5-8H,4H2,1H3,(H,17,19). The number of fused-ring (bicyclic) bond motifs is 1. The third-order valence-electron chi connectivity index (χ3n) is 3.31. The van der Waals surface area contributed by atoms with Crippen molar-refractivity contribution >= 4 is 50.5 Å². The molecule has 0 radical (unpaired) electrons. The van der Waals surface area contributed by atoms with E-state index in [-0.39, 0.29) is 11.9 Å². The number of nitrogens with one attached hydrogen (secondary N) is 1. The summed E-state index contributed by atoms with van der Waals surface area (Å²) in [5.41, 5.74) is 2.94. The van der Waals surface area contributed by atoms with Crippen LogP contribution in [0.15, 0.2) is 33.4 Å². The predicted octanol–water partition coefficient (Wildman–Crippen LogP) is 5.47. The number of nitrogens with zero attached hydrogens (tertiary/aromatic N) is 1. The number of benzene rings is 1. The second-order valence-electron chi connectivity index (χ2n) is 4.77. The van der Waals surface area contributed by atoms with Crippen LogP contribution in [0.5, 0.6) is 0 Å². The molecule has 2 heterocycles. The van der Waals surface area contributed by atoms with E-state index in [0.29, 0.717) is 9.24 Å². The summed E-state index contributed by atoms with van der Waals surface area (Å²) in [6.07, 6.45) is 0.903. The van der Waals surface area contributed by atoms with E-state index in [1.165, 1.54) is 11.6 Å². The largest absolute Gasteiger partial charge is 0.330 e. The Kier molecular flexibility index (Phi) is 3.79. The number of aromatic nitrogens is 2. The molecule has 2 nitrogen and oxygen atoms in total. The van der Waals surface area contributed by atoms with Gasteiger partial charge in [-0.05, 0) is 69.9 Å². The SMILES string of the molecule is CC(Cc1ccsc1)n1c(=S)[nH]c2cc(F)c(Br)cc21. The van der Waals surface area contributed by atoms with Crippen LogP contribution in [0.4, 0.5) is 4.39 Å². The Balaban J connectivity index is 2.08. The van der Waals surface area contributed by atoms with E-state index in [1.54, 1.807) is 17.4 Å². The molecule has 0 aliphatic carbocycles. The lowest BCUT2D eigenvalue weighted by molar-refractivity contribution is 0.553. The van der Waals surface area contributed by atoms with E-state index in [9.17, 15) is 4.39 Å². The zero-order chi connectivity index (χ0) is 14.3. The lowest BCUT2D eigenvalue weighted by atomic mass is 10.1. The van der Waals surface area contributed by atoms with Crippen molar-refractivity contribution in [2.75, 3.05) is 0 Å². The first-order valence-electron chi connectivity index (χ1n) is 6.16. The van der Waals surface area contributed by atoms with Crippen molar-refractivity contribution in [2.24, 2.45) is 0 Å². The summed E-state index contributed by atoms with van der Waals surface area (Å²) in [6, 6.07) is 5.59. The molecule has 1 N–H and O–H groups in total. The maximum absolute atomic E-state index is 13.6. The second-order valence-corrected chi connectivity index (χ2v) is 6.79. The van der Waals surface area contributed by atoms with Crippen molar-refractivity contribution in [1.29, 1.82) is 0 Å². The average molecular weight is 371 g/mol. The zero-order valence-electron chi connectivity index (χ0n) is 10.7. The molecule has 2 aromatic heterocycles. The number of aromatic amines is 1. The molecule has 0 spiro atoms. The van der Waals surface area contributed by atoms with Crippen molar-refractivity contribution in [3.63, 3.8) is 0 Å². The first kappa shape index (κ1) is 14.0. The van der Waals surface area contributed by atoms with Gasteiger partial charge in [-0.3, -0.25) is 0 Å². The summed E-state index contributed by atoms with van der Waals surface area (Å²) in [7, 11) is 0. The number of imidazole rings is 1. The van der Waals surface area contributed by atoms with E-state index in [2.05, 4.69) is 44.7 Å². The third kappa shape index (κ3) is 2.47. The molecule has 0 aliphatic rings. The van der Waals surface area contributed by atoms with E-state index in [0.717, 1.165) is 17.5 Å². The number of halogens is 2. The zero-order valence-corrected chi connectivity index (χ0v) is 13.9. The van der Waals surface area contributed by atoms with Crippen molar-refractivity contribution in [3.8, 4) is 0 Å². The van der Waals surface area contributed by atoms with Gasteiger partial charge in [-0.25, -0.2) is 4.39 Å². The number of hydrogen-bond donors (Lipinski definition) is 1. The highest BCUT2D eigenvalue weighted by molar-refractivity contribution is 9.10. The Morgan fingerprint density at radius 3 is 3.00 bits per heavy atom. The lowest BCUT2D eigenvalue weighted by Crippen LogP contribution is -2.08. The van der Waals surface area contributed by atoms with Crippen LogP contribution in [-0.2, 0) is 6.42 Å². The van der Waals surface area contributed by atoms with Crippen LogP contribution in [0, 0.1) is 10.6 Å². The lowest BCUT2D eigenvalue weighted by Gasteiger charge is -2.14. The molecule has 1 aromatic carbocycles. The smallest absolute Gasteiger partial charge is 0.178 e. The molecule has 1 atom stereocenters. The molecule has 104 valence electrons. The van der Waals surface area contributed by atoms with Gasteiger partial charge in [0.1, 0.15) is 5.82 Å². The first-order valence-corrected chi connectivity index (χ1v) is 8.31. The Labute approximate surface area is 133 Å². The highest BCUT2D eigenvalue weighted by Crippen LogP contribution is 2.27. The number of hydrogen-bond acceptors (Lipinski definition) is 2. The summed E-state index contributed by atoms with van der Waals surface area (Å²) < 4.78 is 16.7. The summed E-state index contributed by atoms with van der Waals surface area (Å²) >= 11 is 10.3. The average Bonchev–Trinajstić information content (AvgIpc) is 2.97. The van der Waals surface area contributed by atoms with Crippen molar-refractivity contribution < 1.29 is 4.39 Å². The molecule has 0 aliphatic heterocycles. The van der Waals surface area contributed by atoms with Gasteiger partial charge in [0.25, 0.3) is 0 Å². The normalized spacial score (nSPS) is 12.9. The van der Waals surface area contributed by atoms with Crippen LogP contribution >= 0.6 is 39.5 Å². The van der Waals surface area contributed by atoms with Crippen LogP contribution in [-0.4, -0.2) is 9.55 Å². The topological polar surface area (TPSA) is 20.7 Å². The quantitative estimate of drug-likeness (QED) is 0.606. The van der Waals surface area contributed by atoms with E-state index in [4.69, 9.17) is 12.2 Å². The minimum absolute atomic E-state index is 0.211. The summed E-state index contributed by atoms with van der Waals surface area (Å²) in [5, 5.41) is 4.22. The molecular weight excluding hydrogens is 359 g/mol. The van der Waals surface area contributed by atoms with Crippen LogP contribution in [0.3, 0.4) is 0 Å². The number of rotatable bonds is 3. The van der Waals surface area contributed by atoms with Gasteiger partial charge >= 0.3 is 0 Å². The molecule has 0 saturated heterocycles. The molecule has 1 unspecified atom stereocenters. The third-order valence-corrected chi connectivity index (χ3v) is 4.95. The molecule has 0 amide bonds. The van der Waals surface area contributed by atoms with Gasteiger partial charge in [0, 0.05) is 12.1 Å². The molecule has 0 bridgehead atoms. The maximum atomic E-state index is 13.6. The van der Waals surface area contributed by atoms with Gasteiger partial charge in [-0.15, -0.1) is 0 Å². The van der Waals surface area contributed by atoms with Crippen molar-refractivity contribution in [1.82, 2.24) is 9.55 Å². The molecule has 0 saturated carbocycles. The number of H-pyrrole nitrogens is 1. The van der Waals surface area contributed by atoms with Gasteiger partial charge < -0.3 is 9.55 Å². The van der Waals surface area contributed by atoms with Crippen molar-refractivity contribution in [3.05, 3.63) is 49.6 Å². The number of thiophene rings is 1. The van der Waals surface area contributed by atoms with Crippen LogP contribution < -0.4 is 0 Å². The van der Waals surface area contributed by atoms with Gasteiger partial charge in [-0.1, -0.05) is 0 Å². The van der Waals surface area contributed by atoms with Crippen LogP contribution in [0.2, 0.25) is 0 Å². The van der Waals surface area contributed by atoms with Gasteiger partial charge in [0.05, 0.1) is 15.5 Å². The monoisotopic (exact) mass is 370 g/mol. The Hall–Kier alpha value is -0.980. The highest BCUT2D eigenvalue weighted by Gasteiger charge is 2.14. The minimum atomic E-state index is -0.286. The first-order chi connectivity index (χ1) is 9.56. The van der Waals surface area contributed by atoms with E-state index in [1.807, 2.05) is 4.57 Å². The molecule has 3 aromatic rings. The summed E-state index contributed by atoms with van der Waals surface area (Å²) in [5.74, 6) is -0.286. The predicted molar refractivity (Wildman–Crippen MR) is 87.5 cm³/mol. The molecule has 20 heavy (non-hydrogen) atoms. The van der Waals surface area contributed by atoms with Gasteiger partial charge in [0.15, 0.2) is 4.77 Å². The molecule has 0 fully saturated rings.